The average molecular weight is 312 g/mol. The molecule has 0 spiro atoms. The molecule has 0 aliphatic rings. The summed E-state index contributed by atoms with van der Waals surface area (Å²) in [5, 5.41) is 16.5. The first-order chi connectivity index (χ1) is 9.88. The third-order valence-corrected chi connectivity index (χ3v) is 4.19. The van der Waals surface area contributed by atoms with E-state index in [1.165, 1.54) is 0 Å². The Morgan fingerprint density at radius 2 is 2.05 bits per heavy atom. The fourth-order valence-electron chi connectivity index (χ4n) is 2.25. The van der Waals surface area contributed by atoms with Crippen molar-refractivity contribution in [3.05, 3.63) is 22.4 Å². The predicted octanol–water partition coefficient (Wildman–Crippen LogP) is 3.25. The van der Waals surface area contributed by atoms with Gasteiger partial charge in [0, 0.05) is 17.8 Å². The van der Waals surface area contributed by atoms with Gasteiger partial charge in [-0.15, -0.1) is 11.3 Å². The van der Waals surface area contributed by atoms with E-state index in [1.807, 2.05) is 38.3 Å². The number of aliphatic carboxylic acids is 1. The highest BCUT2D eigenvalue weighted by atomic mass is 32.1. The van der Waals surface area contributed by atoms with Crippen molar-refractivity contribution in [1.82, 2.24) is 10.6 Å². The summed E-state index contributed by atoms with van der Waals surface area (Å²) < 4.78 is 0. The lowest BCUT2D eigenvalue weighted by Crippen LogP contribution is -2.39. The summed E-state index contributed by atoms with van der Waals surface area (Å²) in [6.45, 7) is 6.41. The van der Waals surface area contributed by atoms with Crippen LogP contribution in [0.25, 0.3) is 0 Å². The standard InChI is InChI=1S/C15H24N2O3S/c1-10(2)7-12(8-14(18)19)9-16-15(20)17-11(3)13-5-4-6-21-13/h4-6,10-12H,7-9H2,1-3H3,(H,18,19)(H2,16,17,20). The van der Waals surface area contributed by atoms with Gasteiger partial charge < -0.3 is 15.7 Å². The molecule has 1 heterocycles. The number of carboxylic acids is 1. The molecule has 1 rings (SSSR count). The first-order valence-electron chi connectivity index (χ1n) is 7.18. The van der Waals surface area contributed by atoms with Crippen molar-refractivity contribution in [2.24, 2.45) is 11.8 Å². The second kappa shape index (κ2) is 8.67. The summed E-state index contributed by atoms with van der Waals surface area (Å²) >= 11 is 1.59. The molecule has 0 aliphatic heterocycles. The number of thiophene rings is 1. The minimum absolute atomic E-state index is 0.0368. The highest BCUT2D eigenvalue weighted by Crippen LogP contribution is 2.18. The first-order valence-corrected chi connectivity index (χ1v) is 8.06. The van der Waals surface area contributed by atoms with Crippen LogP contribution in [-0.4, -0.2) is 23.7 Å². The number of amides is 2. The van der Waals surface area contributed by atoms with Crippen molar-refractivity contribution < 1.29 is 14.7 Å². The molecule has 0 bridgehead atoms. The number of urea groups is 1. The number of rotatable bonds is 8. The van der Waals surface area contributed by atoms with E-state index in [1.54, 1.807) is 11.3 Å². The Hall–Kier alpha value is -1.56. The molecular weight excluding hydrogens is 288 g/mol. The first kappa shape index (κ1) is 17.5. The van der Waals surface area contributed by atoms with Gasteiger partial charge in [-0.1, -0.05) is 19.9 Å². The number of hydrogen-bond donors (Lipinski definition) is 3. The van der Waals surface area contributed by atoms with Crippen LogP contribution in [0.4, 0.5) is 4.79 Å². The van der Waals surface area contributed by atoms with Gasteiger partial charge in [0.1, 0.15) is 0 Å². The number of carbonyl (C=O) groups excluding carboxylic acids is 1. The number of nitrogens with one attached hydrogen (secondary N) is 2. The van der Waals surface area contributed by atoms with E-state index < -0.39 is 5.97 Å². The van der Waals surface area contributed by atoms with E-state index in [4.69, 9.17) is 5.11 Å². The topological polar surface area (TPSA) is 78.4 Å². The number of carboxylic acid groups (broad SMARTS) is 1. The molecule has 1 aromatic rings. The number of carbonyl (C=O) groups is 2. The van der Waals surface area contributed by atoms with Crippen molar-refractivity contribution in [1.29, 1.82) is 0 Å². The largest absolute Gasteiger partial charge is 0.481 e. The summed E-state index contributed by atoms with van der Waals surface area (Å²) in [7, 11) is 0. The highest BCUT2D eigenvalue weighted by Gasteiger charge is 2.17. The molecule has 0 aliphatic carbocycles. The zero-order valence-corrected chi connectivity index (χ0v) is 13.6. The minimum Gasteiger partial charge on any atom is -0.481 e. The van der Waals surface area contributed by atoms with E-state index >= 15 is 0 Å². The zero-order valence-electron chi connectivity index (χ0n) is 12.8. The third kappa shape index (κ3) is 7.13. The molecule has 0 saturated carbocycles. The van der Waals surface area contributed by atoms with Crippen LogP contribution in [0.1, 0.15) is 44.5 Å². The Morgan fingerprint density at radius 3 is 2.57 bits per heavy atom. The van der Waals surface area contributed by atoms with Crippen molar-refractivity contribution in [2.45, 2.75) is 39.7 Å². The maximum Gasteiger partial charge on any atom is 0.315 e. The lowest BCUT2D eigenvalue weighted by molar-refractivity contribution is -0.138. The summed E-state index contributed by atoms with van der Waals surface area (Å²) in [5.74, 6) is -0.454. The highest BCUT2D eigenvalue weighted by molar-refractivity contribution is 7.10. The molecule has 0 aromatic carbocycles. The molecule has 0 saturated heterocycles. The van der Waals surface area contributed by atoms with Crippen molar-refractivity contribution in [3.8, 4) is 0 Å². The van der Waals surface area contributed by atoms with E-state index in [-0.39, 0.29) is 24.4 Å². The maximum absolute atomic E-state index is 11.9. The predicted molar refractivity (Wildman–Crippen MR) is 84.5 cm³/mol. The van der Waals surface area contributed by atoms with Crippen LogP contribution in [0.3, 0.4) is 0 Å². The van der Waals surface area contributed by atoms with Crippen molar-refractivity contribution in [3.63, 3.8) is 0 Å². The lowest BCUT2D eigenvalue weighted by Gasteiger charge is -2.19. The van der Waals surface area contributed by atoms with E-state index in [0.717, 1.165) is 11.3 Å². The van der Waals surface area contributed by atoms with Gasteiger partial charge in [-0.25, -0.2) is 4.79 Å². The van der Waals surface area contributed by atoms with Gasteiger partial charge in [-0.05, 0) is 36.6 Å². The molecule has 2 atom stereocenters. The average Bonchev–Trinajstić information content (AvgIpc) is 2.88. The van der Waals surface area contributed by atoms with Gasteiger partial charge >= 0.3 is 12.0 Å². The molecule has 5 nitrogen and oxygen atoms in total. The van der Waals surface area contributed by atoms with Gasteiger partial charge in [0.25, 0.3) is 0 Å². The lowest BCUT2D eigenvalue weighted by atomic mass is 9.94. The van der Waals surface area contributed by atoms with Crippen molar-refractivity contribution >= 4 is 23.3 Å². The summed E-state index contributed by atoms with van der Waals surface area (Å²) in [6.07, 6.45) is 0.867. The molecule has 118 valence electrons. The molecular formula is C15H24N2O3S. The van der Waals surface area contributed by atoms with Gasteiger partial charge in [0.2, 0.25) is 0 Å². The van der Waals surface area contributed by atoms with Crippen LogP contribution >= 0.6 is 11.3 Å². The normalized spacial score (nSPS) is 13.7. The Kier molecular flexibility index (Phi) is 7.22. The van der Waals surface area contributed by atoms with E-state index in [9.17, 15) is 9.59 Å². The Labute approximate surface area is 129 Å². The molecule has 6 heteroatoms. The SMILES string of the molecule is CC(C)CC(CNC(=O)NC(C)c1cccs1)CC(=O)O. The summed E-state index contributed by atoms with van der Waals surface area (Å²) in [4.78, 5) is 23.8. The smallest absolute Gasteiger partial charge is 0.315 e. The fraction of sp³-hybridized carbons (Fsp3) is 0.600. The maximum atomic E-state index is 11.9. The van der Waals surface area contributed by atoms with E-state index in [0.29, 0.717) is 12.5 Å². The molecule has 2 unspecified atom stereocenters. The van der Waals surface area contributed by atoms with Gasteiger partial charge in [-0.3, -0.25) is 4.79 Å². The van der Waals surface area contributed by atoms with Crippen molar-refractivity contribution in [2.75, 3.05) is 6.54 Å². The monoisotopic (exact) mass is 312 g/mol. The molecule has 21 heavy (non-hydrogen) atoms. The second-order valence-electron chi connectivity index (χ2n) is 5.68. The van der Waals surface area contributed by atoms with Crippen LogP contribution in [0.15, 0.2) is 17.5 Å². The Morgan fingerprint density at radius 1 is 1.33 bits per heavy atom. The molecule has 3 N–H and O–H groups in total. The van der Waals surface area contributed by atoms with Gasteiger partial charge in [-0.2, -0.15) is 0 Å². The third-order valence-electron chi connectivity index (χ3n) is 3.14. The summed E-state index contributed by atoms with van der Waals surface area (Å²) in [6, 6.07) is 3.62. The zero-order chi connectivity index (χ0) is 15.8. The Balaban J connectivity index is 2.40. The second-order valence-corrected chi connectivity index (χ2v) is 6.66. The van der Waals surface area contributed by atoms with Gasteiger partial charge in [0.15, 0.2) is 0 Å². The summed E-state index contributed by atoms with van der Waals surface area (Å²) in [5.41, 5.74) is 0. The van der Waals surface area contributed by atoms with Crippen LogP contribution in [0, 0.1) is 11.8 Å². The number of hydrogen-bond acceptors (Lipinski definition) is 3. The molecule has 0 fully saturated rings. The Bertz CT molecular complexity index is 446. The van der Waals surface area contributed by atoms with Crippen LogP contribution in [0.2, 0.25) is 0 Å². The minimum atomic E-state index is -0.824. The van der Waals surface area contributed by atoms with Gasteiger partial charge in [0.05, 0.1) is 6.04 Å². The molecule has 1 aromatic heterocycles. The quantitative estimate of drug-likeness (QED) is 0.689. The molecule has 0 radical (unpaired) electrons. The fourth-order valence-corrected chi connectivity index (χ4v) is 2.98. The van der Waals surface area contributed by atoms with E-state index in [2.05, 4.69) is 10.6 Å². The molecule has 2 amide bonds. The van der Waals surface area contributed by atoms with Crippen LogP contribution < -0.4 is 10.6 Å². The van der Waals surface area contributed by atoms with Crippen LogP contribution in [0.5, 0.6) is 0 Å². The van der Waals surface area contributed by atoms with Crippen LogP contribution in [-0.2, 0) is 4.79 Å².